The van der Waals surface area contributed by atoms with E-state index < -0.39 is 11.7 Å². The SMILES string of the molecule is [CH2]C(N(Cc1ccc(Oc2ccc(C(F)(F)F)cn2)c(OC)c1)c1nc2ccccc2s1)C(C)(C)C. The van der Waals surface area contributed by atoms with Gasteiger partial charge in [0.05, 0.1) is 22.9 Å². The highest BCUT2D eigenvalue weighted by Gasteiger charge is 2.31. The van der Waals surface area contributed by atoms with Gasteiger partial charge >= 0.3 is 6.18 Å². The number of benzene rings is 2. The number of aromatic nitrogens is 2. The number of nitrogens with zero attached hydrogens (tertiary/aromatic N) is 3. The van der Waals surface area contributed by atoms with Crippen LogP contribution in [0.15, 0.2) is 60.8 Å². The first-order valence-electron chi connectivity index (χ1n) is 11.3. The van der Waals surface area contributed by atoms with Gasteiger partial charge in [-0.1, -0.05) is 50.3 Å². The van der Waals surface area contributed by atoms with E-state index in [0.717, 1.165) is 33.2 Å². The van der Waals surface area contributed by atoms with Crippen LogP contribution in [0.2, 0.25) is 0 Å². The molecule has 1 radical (unpaired) electrons. The molecule has 4 aromatic rings. The second-order valence-corrected chi connectivity index (χ2v) is 10.5. The van der Waals surface area contributed by atoms with Crippen LogP contribution < -0.4 is 14.4 Å². The van der Waals surface area contributed by atoms with Crippen molar-refractivity contribution in [2.45, 2.75) is 39.5 Å². The van der Waals surface area contributed by atoms with Gasteiger partial charge in [0.15, 0.2) is 16.6 Å². The number of methoxy groups -OCH3 is 1. The van der Waals surface area contributed by atoms with E-state index in [1.165, 1.54) is 13.2 Å². The van der Waals surface area contributed by atoms with Crippen molar-refractivity contribution in [1.82, 2.24) is 9.97 Å². The third kappa shape index (κ3) is 5.73. The number of thiazole rings is 1. The molecule has 0 fully saturated rings. The minimum Gasteiger partial charge on any atom is -0.493 e. The van der Waals surface area contributed by atoms with E-state index >= 15 is 0 Å². The van der Waals surface area contributed by atoms with Crippen LogP contribution in [0, 0.1) is 12.3 Å². The van der Waals surface area contributed by atoms with Crippen molar-refractivity contribution in [2.75, 3.05) is 12.0 Å². The predicted molar refractivity (Wildman–Crippen MR) is 137 cm³/mol. The maximum absolute atomic E-state index is 12.8. The Morgan fingerprint density at radius 3 is 2.39 bits per heavy atom. The predicted octanol–water partition coefficient (Wildman–Crippen LogP) is 7.77. The van der Waals surface area contributed by atoms with Gasteiger partial charge in [-0.2, -0.15) is 13.2 Å². The van der Waals surface area contributed by atoms with E-state index in [1.54, 1.807) is 17.4 Å². The summed E-state index contributed by atoms with van der Waals surface area (Å²) in [6, 6.07) is 15.5. The number of hydrogen-bond acceptors (Lipinski definition) is 6. The molecule has 0 aliphatic rings. The summed E-state index contributed by atoms with van der Waals surface area (Å²) < 4.78 is 50.8. The van der Waals surface area contributed by atoms with E-state index in [1.807, 2.05) is 36.4 Å². The van der Waals surface area contributed by atoms with Crippen LogP contribution in [0.3, 0.4) is 0 Å². The normalized spacial score (nSPS) is 13.0. The molecule has 0 amide bonds. The van der Waals surface area contributed by atoms with Gasteiger partial charge in [0.25, 0.3) is 0 Å². The van der Waals surface area contributed by atoms with Crippen molar-refractivity contribution in [3.05, 3.63) is 78.8 Å². The van der Waals surface area contributed by atoms with Crippen LogP contribution in [-0.2, 0) is 12.7 Å². The second kappa shape index (κ2) is 9.97. The number of hydrogen-bond donors (Lipinski definition) is 0. The lowest BCUT2D eigenvalue weighted by Crippen LogP contribution is -2.41. The van der Waals surface area contributed by atoms with Crippen LogP contribution in [0.4, 0.5) is 18.3 Å². The van der Waals surface area contributed by atoms with E-state index in [-0.39, 0.29) is 17.3 Å². The van der Waals surface area contributed by atoms with Crippen molar-refractivity contribution < 1.29 is 22.6 Å². The summed E-state index contributed by atoms with van der Waals surface area (Å²) in [5, 5.41) is 0.874. The number of fused-ring (bicyclic) bond motifs is 1. The zero-order valence-electron chi connectivity index (χ0n) is 20.5. The van der Waals surface area contributed by atoms with Gasteiger partial charge in [-0.05, 0) is 48.2 Å². The molecule has 0 saturated carbocycles. The maximum Gasteiger partial charge on any atom is 0.417 e. The Bertz CT molecular complexity index is 1300. The number of pyridine rings is 1. The van der Waals surface area contributed by atoms with Crippen LogP contribution in [0.1, 0.15) is 31.9 Å². The summed E-state index contributed by atoms with van der Waals surface area (Å²) in [6.07, 6.45) is -3.72. The zero-order valence-corrected chi connectivity index (χ0v) is 21.3. The molecule has 1 atom stereocenters. The average molecular weight is 515 g/mol. The topological polar surface area (TPSA) is 47.5 Å². The van der Waals surface area contributed by atoms with Crippen molar-refractivity contribution >= 4 is 26.7 Å². The molecule has 0 aliphatic carbocycles. The monoisotopic (exact) mass is 514 g/mol. The highest BCUT2D eigenvalue weighted by Crippen LogP contribution is 2.37. The Labute approximate surface area is 212 Å². The molecule has 189 valence electrons. The van der Waals surface area contributed by atoms with Gasteiger partial charge in [-0.3, -0.25) is 0 Å². The number of ether oxygens (including phenoxy) is 2. The smallest absolute Gasteiger partial charge is 0.417 e. The summed E-state index contributed by atoms with van der Waals surface area (Å²) in [6.45, 7) is 11.4. The van der Waals surface area contributed by atoms with Gasteiger partial charge in [0.1, 0.15) is 0 Å². The van der Waals surface area contributed by atoms with Gasteiger partial charge in [-0.25, -0.2) is 9.97 Å². The number of para-hydroxylation sites is 1. The Morgan fingerprint density at radius 2 is 1.78 bits per heavy atom. The molecule has 2 aromatic carbocycles. The maximum atomic E-state index is 12.8. The van der Waals surface area contributed by atoms with E-state index in [9.17, 15) is 13.2 Å². The highest BCUT2D eigenvalue weighted by molar-refractivity contribution is 7.22. The van der Waals surface area contributed by atoms with Crippen molar-refractivity contribution in [3.63, 3.8) is 0 Å². The van der Waals surface area contributed by atoms with E-state index in [2.05, 4.69) is 37.6 Å². The molecule has 2 heterocycles. The first kappa shape index (κ1) is 25.8. The molecule has 2 aromatic heterocycles. The fourth-order valence-corrected chi connectivity index (χ4v) is 4.59. The fraction of sp³-hybridized carbons (Fsp3) is 0.296. The van der Waals surface area contributed by atoms with Crippen LogP contribution in [-0.4, -0.2) is 23.1 Å². The second-order valence-electron chi connectivity index (χ2n) is 9.44. The third-order valence-corrected chi connectivity index (χ3v) is 6.84. The van der Waals surface area contributed by atoms with Crippen molar-refractivity contribution in [2.24, 2.45) is 5.41 Å². The Balaban J connectivity index is 1.61. The molecule has 0 saturated heterocycles. The van der Waals surface area contributed by atoms with Gasteiger partial charge in [0.2, 0.25) is 5.88 Å². The number of rotatable bonds is 7. The summed E-state index contributed by atoms with van der Waals surface area (Å²) >= 11 is 1.62. The Kier molecular flexibility index (Phi) is 7.13. The fourth-order valence-electron chi connectivity index (χ4n) is 3.57. The lowest BCUT2D eigenvalue weighted by molar-refractivity contribution is -0.137. The number of alkyl halides is 3. The first-order valence-corrected chi connectivity index (χ1v) is 12.1. The molecular formula is C27H27F3N3O2S. The van der Waals surface area contributed by atoms with Crippen molar-refractivity contribution in [3.8, 4) is 17.4 Å². The summed E-state index contributed by atoms with van der Waals surface area (Å²) in [5.41, 5.74) is 0.929. The van der Waals surface area contributed by atoms with Gasteiger partial charge < -0.3 is 14.4 Å². The van der Waals surface area contributed by atoms with Gasteiger partial charge in [0, 0.05) is 24.8 Å². The molecule has 1 unspecified atom stereocenters. The van der Waals surface area contributed by atoms with Crippen LogP contribution in [0.25, 0.3) is 10.2 Å². The minimum atomic E-state index is -4.46. The number of halogens is 3. The first-order chi connectivity index (χ1) is 17.0. The zero-order chi connectivity index (χ0) is 26.1. The number of anilines is 1. The lowest BCUT2D eigenvalue weighted by Gasteiger charge is -2.37. The lowest BCUT2D eigenvalue weighted by atomic mass is 9.87. The summed E-state index contributed by atoms with van der Waals surface area (Å²) in [5.74, 6) is 0.826. The largest absolute Gasteiger partial charge is 0.493 e. The quantitative estimate of drug-likeness (QED) is 0.252. The molecule has 4 rings (SSSR count). The van der Waals surface area contributed by atoms with Gasteiger partial charge in [-0.15, -0.1) is 0 Å². The minimum absolute atomic E-state index is 0.0377. The summed E-state index contributed by atoms with van der Waals surface area (Å²) in [4.78, 5) is 10.8. The molecule has 0 N–H and O–H groups in total. The van der Waals surface area contributed by atoms with E-state index in [4.69, 9.17) is 14.5 Å². The molecule has 0 bridgehead atoms. The standard InChI is InChI=1S/C27H27F3N3O2S/c1-17(26(2,3)4)33(25-32-20-8-6-7-9-23(20)36-25)16-18-10-12-21(22(14-18)34-5)35-24-13-11-19(15-31-24)27(28,29)30/h6-15,17H,1,16H2,2-5H3. The molecule has 9 heteroatoms. The highest BCUT2D eigenvalue weighted by atomic mass is 32.1. The van der Waals surface area contributed by atoms with Crippen LogP contribution >= 0.6 is 11.3 Å². The Hall–Kier alpha value is -3.33. The van der Waals surface area contributed by atoms with Crippen molar-refractivity contribution in [1.29, 1.82) is 0 Å². The molecule has 36 heavy (non-hydrogen) atoms. The molecule has 5 nitrogen and oxygen atoms in total. The molecular weight excluding hydrogens is 487 g/mol. The molecule has 0 spiro atoms. The van der Waals surface area contributed by atoms with E-state index in [0.29, 0.717) is 18.0 Å². The van der Waals surface area contributed by atoms with Crippen LogP contribution in [0.5, 0.6) is 17.4 Å². The molecule has 0 aliphatic heterocycles. The Morgan fingerprint density at radius 1 is 1.03 bits per heavy atom. The summed E-state index contributed by atoms with van der Waals surface area (Å²) in [7, 11) is 1.51. The average Bonchev–Trinajstić information content (AvgIpc) is 3.26. The third-order valence-electron chi connectivity index (χ3n) is 5.76.